The van der Waals surface area contributed by atoms with Crippen molar-refractivity contribution in [2.45, 2.75) is 44.7 Å². The van der Waals surface area contributed by atoms with Gasteiger partial charge < -0.3 is 15.0 Å². The second-order valence-corrected chi connectivity index (χ2v) is 7.05. The largest absolute Gasteiger partial charge is 0.497 e. The van der Waals surface area contributed by atoms with Gasteiger partial charge in [-0.1, -0.05) is 12.1 Å². The van der Waals surface area contributed by atoms with Crippen molar-refractivity contribution in [2.75, 3.05) is 20.2 Å². The van der Waals surface area contributed by atoms with Crippen LogP contribution >= 0.6 is 0 Å². The number of aromatic nitrogens is 1. The first-order valence-electron chi connectivity index (χ1n) is 9.78. The molecule has 1 fully saturated rings. The summed E-state index contributed by atoms with van der Waals surface area (Å²) in [6.07, 6.45) is 8.34. The van der Waals surface area contributed by atoms with E-state index >= 15 is 0 Å². The number of likely N-dealkylation sites (tertiary alicyclic amines) is 1. The summed E-state index contributed by atoms with van der Waals surface area (Å²) in [5.41, 5.74) is 2.53. The molecule has 5 heteroatoms. The summed E-state index contributed by atoms with van der Waals surface area (Å²) in [5.74, 6) is 1.19. The van der Waals surface area contributed by atoms with Crippen molar-refractivity contribution in [1.29, 1.82) is 0 Å². The summed E-state index contributed by atoms with van der Waals surface area (Å²) in [4.78, 5) is 18.4. The zero-order valence-corrected chi connectivity index (χ0v) is 16.1. The average molecular weight is 367 g/mol. The van der Waals surface area contributed by atoms with Gasteiger partial charge in [0.1, 0.15) is 5.75 Å². The molecular weight excluding hydrogens is 338 g/mol. The van der Waals surface area contributed by atoms with Crippen molar-refractivity contribution in [2.24, 2.45) is 0 Å². The van der Waals surface area contributed by atoms with Crippen LogP contribution in [0.2, 0.25) is 0 Å². The molecule has 3 rings (SSSR count). The van der Waals surface area contributed by atoms with Crippen LogP contribution in [0, 0.1) is 0 Å². The van der Waals surface area contributed by atoms with Crippen LogP contribution in [-0.2, 0) is 17.8 Å². The molecule has 144 valence electrons. The first-order valence-corrected chi connectivity index (χ1v) is 9.78. The molecule has 0 radical (unpaired) electrons. The van der Waals surface area contributed by atoms with Gasteiger partial charge in [-0.15, -0.1) is 0 Å². The molecule has 1 N–H and O–H groups in total. The van der Waals surface area contributed by atoms with Crippen molar-refractivity contribution < 1.29 is 9.53 Å². The molecule has 1 saturated heterocycles. The predicted octanol–water partition coefficient (Wildman–Crippen LogP) is 3.19. The molecule has 0 bridgehead atoms. The van der Waals surface area contributed by atoms with Crippen LogP contribution in [-0.4, -0.2) is 42.0 Å². The number of methoxy groups -OCH3 is 1. The number of carbonyl (C=O) groups excluding carboxylic acids is 1. The molecule has 0 spiro atoms. The molecular formula is C22H29N3O2. The van der Waals surface area contributed by atoms with Crippen molar-refractivity contribution in [3.05, 3.63) is 59.9 Å². The molecule has 5 nitrogen and oxygen atoms in total. The Labute approximate surface area is 161 Å². The van der Waals surface area contributed by atoms with Gasteiger partial charge in [0.2, 0.25) is 5.91 Å². The molecule has 27 heavy (non-hydrogen) atoms. The van der Waals surface area contributed by atoms with Gasteiger partial charge in [0.15, 0.2) is 0 Å². The van der Waals surface area contributed by atoms with E-state index in [-0.39, 0.29) is 0 Å². The molecule has 1 amide bonds. The lowest BCUT2D eigenvalue weighted by atomic mass is 10.1. The number of ether oxygens (including phenoxy) is 1. The van der Waals surface area contributed by atoms with Gasteiger partial charge in [0, 0.05) is 37.9 Å². The number of nitrogens with zero attached hydrogens (tertiary/aromatic N) is 2. The lowest BCUT2D eigenvalue weighted by Crippen LogP contribution is -2.36. The van der Waals surface area contributed by atoms with Crippen molar-refractivity contribution in [3.8, 4) is 5.75 Å². The monoisotopic (exact) mass is 367 g/mol. The molecule has 1 aromatic carbocycles. The van der Waals surface area contributed by atoms with Gasteiger partial charge in [-0.05, 0) is 67.6 Å². The van der Waals surface area contributed by atoms with E-state index in [9.17, 15) is 4.79 Å². The molecule has 1 aliphatic rings. The molecule has 1 aliphatic heterocycles. The maximum Gasteiger partial charge on any atom is 0.222 e. The number of nitrogens with one attached hydrogen (secondary N) is 1. The zero-order chi connectivity index (χ0) is 18.9. The SMILES string of the molecule is COc1ccc(CNCC[C@H]2CCC(=O)N2CCCc2ccncc2)cc1. The minimum atomic E-state index is 0.310. The Bertz CT molecular complexity index is 703. The number of rotatable bonds is 10. The Morgan fingerprint density at radius 2 is 1.93 bits per heavy atom. The van der Waals surface area contributed by atoms with E-state index in [0.717, 1.165) is 51.1 Å². The maximum atomic E-state index is 12.2. The van der Waals surface area contributed by atoms with Crippen molar-refractivity contribution in [1.82, 2.24) is 15.2 Å². The quantitative estimate of drug-likeness (QED) is 0.655. The van der Waals surface area contributed by atoms with E-state index in [4.69, 9.17) is 4.74 Å². The Morgan fingerprint density at radius 3 is 2.67 bits per heavy atom. The normalized spacial score (nSPS) is 16.7. The molecule has 2 heterocycles. The van der Waals surface area contributed by atoms with E-state index in [0.29, 0.717) is 18.4 Å². The third kappa shape index (κ3) is 5.79. The maximum absolute atomic E-state index is 12.2. The highest BCUT2D eigenvalue weighted by molar-refractivity contribution is 5.78. The van der Waals surface area contributed by atoms with E-state index < -0.39 is 0 Å². The van der Waals surface area contributed by atoms with E-state index in [1.165, 1.54) is 11.1 Å². The van der Waals surface area contributed by atoms with Gasteiger partial charge in [0.25, 0.3) is 0 Å². The Kier molecular flexibility index (Phi) is 7.22. The van der Waals surface area contributed by atoms with Gasteiger partial charge >= 0.3 is 0 Å². The van der Waals surface area contributed by atoms with Crippen LogP contribution in [0.1, 0.15) is 36.8 Å². The third-order valence-electron chi connectivity index (χ3n) is 5.21. The van der Waals surface area contributed by atoms with Crippen LogP contribution in [0.5, 0.6) is 5.75 Å². The minimum Gasteiger partial charge on any atom is -0.497 e. The van der Waals surface area contributed by atoms with Crippen molar-refractivity contribution >= 4 is 5.91 Å². The fourth-order valence-corrected chi connectivity index (χ4v) is 3.65. The number of amides is 1. The summed E-state index contributed by atoms with van der Waals surface area (Å²) in [5, 5.41) is 3.50. The highest BCUT2D eigenvalue weighted by Crippen LogP contribution is 2.22. The number of hydrogen-bond donors (Lipinski definition) is 1. The highest BCUT2D eigenvalue weighted by Gasteiger charge is 2.29. The Balaban J connectivity index is 1.38. The van der Waals surface area contributed by atoms with Crippen LogP contribution in [0.25, 0.3) is 0 Å². The predicted molar refractivity (Wildman–Crippen MR) is 107 cm³/mol. The molecule has 2 aromatic rings. The summed E-state index contributed by atoms with van der Waals surface area (Å²) in [6, 6.07) is 12.6. The van der Waals surface area contributed by atoms with E-state index in [2.05, 4.69) is 27.3 Å². The fraction of sp³-hybridized carbons (Fsp3) is 0.455. The fourth-order valence-electron chi connectivity index (χ4n) is 3.65. The number of pyridine rings is 1. The number of aryl methyl sites for hydroxylation is 1. The van der Waals surface area contributed by atoms with Gasteiger partial charge in [-0.2, -0.15) is 0 Å². The molecule has 1 aromatic heterocycles. The van der Waals surface area contributed by atoms with Gasteiger partial charge in [-0.3, -0.25) is 9.78 Å². The number of carbonyl (C=O) groups is 1. The van der Waals surface area contributed by atoms with Crippen LogP contribution in [0.3, 0.4) is 0 Å². The second kappa shape index (κ2) is 10.1. The lowest BCUT2D eigenvalue weighted by molar-refractivity contribution is -0.129. The topological polar surface area (TPSA) is 54.5 Å². The molecule has 0 unspecified atom stereocenters. The van der Waals surface area contributed by atoms with Gasteiger partial charge in [0.05, 0.1) is 7.11 Å². The molecule has 0 saturated carbocycles. The highest BCUT2D eigenvalue weighted by atomic mass is 16.5. The zero-order valence-electron chi connectivity index (χ0n) is 16.1. The third-order valence-corrected chi connectivity index (χ3v) is 5.21. The Hall–Kier alpha value is -2.40. The van der Waals surface area contributed by atoms with Gasteiger partial charge in [-0.25, -0.2) is 0 Å². The number of benzene rings is 1. The van der Waals surface area contributed by atoms with E-state index in [1.807, 2.05) is 36.7 Å². The van der Waals surface area contributed by atoms with Crippen LogP contribution in [0.15, 0.2) is 48.8 Å². The lowest BCUT2D eigenvalue weighted by Gasteiger charge is -2.25. The van der Waals surface area contributed by atoms with E-state index in [1.54, 1.807) is 7.11 Å². The first kappa shape index (κ1) is 19.4. The summed E-state index contributed by atoms with van der Waals surface area (Å²) in [7, 11) is 1.68. The Morgan fingerprint density at radius 1 is 1.15 bits per heavy atom. The second-order valence-electron chi connectivity index (χ2n) is 7.05. The summed E-state index contributed by atoms with van der Waals surface area (Å²) >= 11 is 0. The minimum absolute atomic E-state index is 0.310. The smallest absolute Gasteiger partial charge is 0.222 e. The van der Waals surface area contributed by atoms with Crippen molar-refractivity contribution in [3.63, 3.8) is 0 Å². The average Bonchev–Trinajstić information content (AvgIpc) is 3.06. The first-order chi connectivity index (χ1) is 13.3. The summed E-state index contributed by atoms with van der Waals surface area (Å²) < 4.78 is 5.18. The van der Waals surface area contributed by atoms with Crippen LogP contribution in [0.4, 0.5) is 0 Å². The standard InChI is InChI=1S/C22H29N3O2/c1-27-21-7-4-19(5-8-21)17-24-15-12-20-6-9-22(26)25(20)16-2-3-18-10-13-23-14-11-18/h4-5,7-8,10-11,13-14,20,24H,2-3,6,9,12,15-17H2,1H3/t20-/m1/s1. The molecule has 0 aliphatic carbocycles. The number of hydrogen-bond acceptors (Lipinski definition) is 4. The molecule has 1 atom stereocenters. The van der Waals surface area contributed by atoms with Crippen LogP contribution < -0.4 is 10.1 Å². The summed E-state index contributed by atoms with van der Waals surface area (Å²) in [6.45, 7) is 2.61.